The molecule has 2 atom stereocenters. The van der Waals surface area contributed by atoms with Crippen LogP contribution < -0.4 is 0 Å². The van der Waals surface area contributed by atoms with Gasteiger partial charge in [0.25, 0.3) is 0 Å². The Morgan fingerprint density at radius 2 is 2.10 bits per heavy atom. The SMILES string of the molecule is CC(C)(C)[C@]12CCC[C@H]1O2. The Labute approximate surface area is 62.8 Å². The first-order chi connectivity index (χ1) is 4.56. The molecule has 1 aliphatic carbocycles. The molecule has 0 amide bonds. The molecule has 2 fully saturated rings. The van der Waals surface area contributed by atoms with Crippen molar-refractivity contribution in [2.24, 2.45) is 5.41 Å². The third kappa shape index (κ3) is 0.619. The maximum absolute atomic E-state index is 5.70. The van der Waals surface area contributed by atoms with Gasteiger partial charge in [-0.15, -0.1) is 0 Å². The average molecular weight is 140 g/mol. The van der Waals surface area contributed by atoms with E-state index in [1.54, 1.807) is 0 Å². The molecule has 0 aromatic heterocycles. The molecule has 0 spiro atoms. The Morgan fingerprint density at radius 1 is 1.40 bits per heavy atom. The highest BCUT2D eigenvalue weighted by atomic mass is 16.6. The van der Waals surface area contributed by atoms with Gasteiger partial charge in [-0.25, -0.2) is 0 Å². The third-order valence-corrected chi connectivity index (χ3v) is 3.10. The minimum atomic E-state index is 0.299. The number of ether oxygens (including phenoxy) is 1. The molecule has 0 unspecified atom stereocenters. The van der Waals surface area contributed by atoms with Gasteiger partial charge in [-0.05, 0) is 24.7 Å². The molecule has 2 aliphatic rings. The van der Waals surface area contributed by atoms with Crippen LogP contribution in [0.15, 0.2) is 0 Å². The molecule has 0 aromatic rings. The van der Waals surface area contributed by atoms with Crippen molar-refractivity contribution in [3.8, 4) is 0 Å². The number of hydrogen-bond donors (Lipinski definition) is 0. The summed E-state index contributed by atoms with van der Waals surface area (Å²) in [5.74, 6) is 0. The van der Waals surface area contributed by atoms with Gasteiger partial charge in [0.1, 0.15) is 0 Å². The Hall–Kier alpha value is -0.0400. The number of hydrogen-bond acceptors (Lipinski definition) is 1. The zero-order valence-corrected chi connectivity index (χ0v) is 7.11. The molecule has 0 bridgehead atoms. The molecular weight excluding hydrogens is 124 g/mol. The fourth-order valence-corrected chi connectivity index (χ4v) is 2.32. The van der Waals surface area contributed by atoms with Crippen LogP contribution in [0.25, 0.3) is 0 Å². The van der Waals surface area contributed by atoms with E-state index in [0.29, 0.717) is 17.1 Å². The van der Waals surface area contributed by atoms with Gasteiger partial charge in [-0.1, -0.05) is 20.8 Å². The lowest BCUT2D eigenvalue weighted by Gasteiger charge is -2.25. The summed E-state index contributed by atoms with van der Waals surface area (Å²) in [5.41, 5.74) is 0.668. The summed E-state index contributed by atoms with van der Waals surface area (Å²) in [6, 6.07) is 0. The normalized spacial score (nSPS) is 45.3. The van der Waals surface area contributed by atoms with Crippen molar-refractivity contribution in [3.05, 3.63) is 0 Å². The summed E-state index contributed by atoms with van der Waals surface area (Å²) >= 11 is 0. The van der Waals surface area contributed by atoms with Crippen LogP contribution >= 0.6 is 0 Å². The van der Waals surface area contributed by atoms with Gasteiger partial charge < -0.3 is 4.74 Å². The van der Waals surface area contributed by atoms with Crippen molar-refractivity contribution >= 4 is 0 Å². The standard InChI is InChI=1S/C9H16O/c1-8(2,3)9-6-4-5-7(9)10-9/h7H,4-6H2,1-3H3/t7-,9+/m1/s1. The van der Waals surface area contributed by atoms with Gasteiger partial charge in [0, 0.05) is 0 Å². The second-order valence-corrected chi connectivity index (χ2v) is 4.64. The van der Waals surface area contributed by atoms with Crippen LogP contribution in [-0.4, -0.2) is 11.7 Å². The summed E-state index contributed by atoms with van der Waals surface area (Å²) in [6.45, 7) is 6.87. The largest absolute Gasteiger partial charge is 0.365 e. The fraction of sp³-hybridized carbons (Fsp3) is 1.00. The van der Waals surface area contributed by atoms with E-state index in [9.17, 15) is 0 Å². The van der Waals surface area contributed by atoms with Crippen molar-refractivity contribution < 1.29 is 4.74 Å². The molecule has 1 saturated heterocycles. The fourth-order valence-electron chi connectivity index (χ4n) is 2.32. The first kappa shape index (κ1) is 6.66. The maximum Gasteiger partial charge on any atom is 0.0996 e. The summed E-state index contributed by atoms with van der Waals surface area (Å²) < 4.78 is 5.70. The predicted octanol–water partition coefficient (Wildman–Crippen LogP) is 2.35. The van der Waals surface area contributed by atoms with Crippen LogP contribution in [0, 0.1) is 5.41 Å². The lowest BCUT2D eigenvalue weighted by Crippen LogP contribution is -2.29. The minimum Gasteiger partial charge on any atom is -0.365 e. The number of rotatable bonds is 0. The lowest BCUT2D eigenvalue weighted by atomic mass is 9.79. The van der Waals surface area contributed by atoms with Crippen molar-refractivity contribution in [1.82, 2.24) is 0 Å². The lowest BCUT2D eigenvalue weighted by molar-refractivity contribution is 0.137. The number of epoxide rings is 1. The van der Waals surface area contributed by atoms with E-state index in [2.05, 4.69) is 20.8 Å². The molecule has 0 N–H and O–H groups in total. The Bertz CT molecular complexity index is 157. The molecule has 1 nitrogen and oxygen atoms in total. The van der Waals surface area contributed by atoms with Crippen molar-refractivity contribution in [1.29, 1.82) is 0 Å². The highest BCUT2D eigenvalue weighted by Gasteiger charge is 2.65. The van der Waals surface area contributed by atoms with Gasteiger partial charge in [-0.2, -0.15) is 0 Å². The Balaban J connectivity index is 2.18. The second-order valence-electron chi connectivity index (χ2n) is 4.64. The van der Waals surface area contributed by atoms with E-state index >= 15 is 0 Å². The predicted molar refractivity (Wildman–Crippen MR) is 40.9 cm³/mol. The van der Waals surface area contributed by atoms with Crippen LogP contribution in [0.5, 0.6) is 0 Å². The third-order valence-electron chi connectivity index (χ3n) is 3.10. The summed E-state index contributed by atoms with van der Waals surface area (Å²) in [7, 11) is 0. The van der Waals surface area contributed by atoms with Crippen LogP contribution in [-0.2, 0) is 4.74 Å². The van der Waals surface area contributed by atoms with Crippen LogP contribution in [0.3, 0.4) is 0 Å². The zero-order chi connectivity index (χ0) is 7.41. The Kier molecular flexibility index (Phi) is 1.05. The molecule has 58 valence electrons. The highest BCUT2D eigenvalue weighted by Crippen LogP contribution is 2.59. The molecule has 1 aliphatic heterocycles. The van der Waals surface area contributed by atoms with Gasteiger partial charge in [-0.3, -0.25) is 0 Å². The summed E-state index contributed by atoms with van der Waals surface area (Å²) in [6.07, 6.45) is 4.59. The quantitative estimate of drug-likeness (QED) is 0.470. The topological polar surface area (TPSA) is 12.5 Å². The van der Waals surface area contributed by atoms with Crippen molar-refractivity contribution in [2.45, 2.75) is 51.7 Å². The maximum atomic E-state index is 5.70. The first-order valence-electron chi connectivity index (χ1n) is 4.24. The van der Waals surface area contributed by atoms with Crippen molar-refractivity contribution in [2.75, 3.05) is 0 Å². The molecule has 1 heteroatoms. The average Bonchev–Trinajstić information content (AvgIpc) is 2.36. The van der Waals surface area contributed by atoms with Gasteiger partial charge in [0.2, 0.25) is 0 Å². The van der Waals surface area contributed by atoms with E-state index in [-0.39, 0.29) is 0 Å². The van der Waals surface area contributed by atoms with E-state index in [1.807, 2.05) is 0 Å². The summed E-state index contributed by atoms with van der Waals surface area (Å²) in [4.78, 5) is 0. The molecule has 10 heavy (non-hydrogen) atoms. The van der Waals surface area contributed by atoms with Gasteiger partial charge in [0.15, 0.2) is 0 Å². The number of fused-ring (bicyclic) bond motifs is 1. The first-order valence-corrected chi connectivity index (χ1v) is 4.24. The molecule has 2 rings (SSSR count). The van der Waals surface area contributed by atoms with E-state index < -0.39 is 0 Å². The minimum absolute atomic E-state index is 0.299. The van der Waals surface area contributed by atoms with E-state index in [4.69, 9.17) is 4.74 Å². The highest BCUT2D eigenvalue weighted by molar-refractivity contribution is 5.13. The van der Waals surface area contributed by atoms with E-state index in [0.717, 1.165) is 0 Å². The zero-order valence-electron chi connectivity index (χ0n) is 7.11. The Morgan fingerprint density at radius 3 is 2.30 bits per heavy atom. The summed E-state index contributed by atoms with van der Waals surface area (Å²) in [5, 5.41) is 0. The molecule has 1 saturated carbocycles. The van der Waals surface area contributed by atoms with Crippen LogP contribution in [0.4, 0.5) is 0 Å². The van der Waals surface area contributed by atoms with Crippen LogP contribution in [0.1, 0.15) is 40.0 Å². The monoisotopic (exact) mass is 140 g/mol. The van der Waals surface area contributed by atoms with Gasteiger partial charge in [0.05, 0.1) is 11.7 Å². The molecule has 0 aromatic carbocycles. The van der Waals surface area contributed by atoms with Gasteiger partial charge >= 0.3 is 0 Å². The van der Waals surface area contributed by atoms with Crippen LogP contribution in [0.2, 0.25) is 0 Å². The molecule has 0 radical (unpaired) electrons. The molecule has 1 heterocycles. The van der Waals surface area contributed by atoms with E-state index in [1.165, 1.54) is 19.3 Å². The van der Waals surface area contributed by atoms with Crippen molar-refractivity contribution in [3.63, 3.8) is 0 Å². The second kappa shape index (κ2) is 1.58. The smallest absolute Gasteiger partial charge is 0.0996 e. The molecular formula is C9H16O.